The Morgan fingerprint density at radius 2 is 1.84 bits per heavy atom. The number of aryl methyl sites for hydroxylation is 3. The molecule has 1 aromatic heterocycles. The van der Waals surface area contributed by atoms with Gasteiger partial charge in [0.05, 0.1) is 6.54 Å². The molecule has 3 rings (SSSR count). The highest BCUT2D eigenvalue weighted by molar-refractivity contribution is 5.97. The van der Waals surface area contributed by atoms with Crippen LogP contribution < -0.4 is 4.74 Å². The lowest BCUT2D eigenvalue weighted by Crippen LogP contribution is -2.23. The van der Waals surface area contributed by atoms with E-state index in [1.807, 2.05) is 42.7 Å². The van der Waals surface area contributed by atoms with Crippen molar-refractivity contribution < 1.29 is 14.6 Å². The monoisotopic (exact) mass is 337 g/mol. The smallest absolute Gasteiger partial charge is 0.152 e. The number of aliphatic hydroxyl groups is 1. The molecule has 0 aliphatic carbocycles. The van der Waals surface area contributed by atoms with E-state index in [-0.39, 0.29) is 6.61 Å². The fourth-order valence-electron chi connectivity index (χ4n) is 3.37. The summed E-state index contributed by atoms with van der Waals surface area (Å²) < 4.78 is 7.77. The van der Waals surface area contributed by atoms with Crippen molar-refractivity contribution in [3.8, 4) is 5.75 Å². The summed E-state index contributed by atoms with van der Waals surface area (Å²) in [6.07, 6.45) is 1.96. The Morgan fingerprint density at radius 3 is 2.52 bits per heavy atom. The van der Waals surface area contributed by atoms with Crippen LogP contribution in [0.25, 0.3) is 10.9 Å². The molecule has 3 aromatic rings. The van der Waals surface area contributed by atoms with Gasteiger partial charge in [0.1, 0.15) is 18.5 Å². The number of benzene rings is 2. The van der Waals surface area contributed by atoms with Crippen molar-refractivity contribution in [3.63, 3.8) is 0 Å². The van der Waals surface area contributed by atoms with Crippen LogP contribution in [0.3, 0.4) is 0 Å². The van der Waals surface area contributed by atoms with Gasteiger partial charge in [-0.3, -0.25) is 4.79 Å². The van der Waals surface area contributed by atoms with E-state index in [4.69, 9.17) is 4.74 Å². The van der Waals surface area contributed by atoms with E-state index in [1.165, 1.54) is 5.56 Å². The Labute approximate surface area is 147 Å². The number of ether oxygens (including phenoxy) is 1. The number of carbonyl (C=O) groups is 1. The highest BCUT2D eigenvalue weighted by Crippen LogP contribution is 2.25. The molecule has 0 saturated heterocycles. The first-order valence-electron chi connectivity index (χ1n) is 8.41. The average molecular weight is 337 g/mol. The van der Waals surface area contributed by atoms with E-state index < -0.39 is 6.10 Å². The third-order valence-corrected chi connectivity index (χ3v) is 4.38. The zero-order chi connectivity index (χ0) is 18.0. The summed E-state index contributed by atoms with van der Waals surface area (Å²) in [4.78, 5) is 11.2. The maximum atomic E-state index is 11.2. The molecule has 0 aliphatic heterocycles. The van der Waals surface area contributed by atoms with E-state index >= 15 is 0 Å². The van der Waals surface area contributed by atoms with Crippen LogP contribution in [-0.2, 0) is 6.54 Å². The predicted octanol–water partition coefficient (Wildman–Crippen LogP) is 3.82. The lowest BCUT2D eigenvalue weighted by molar-refractivity contribution is 0.0928. The second-order valence-electron chi connectivity index (χ2n) is 6.56. The minimum atomic E-state index is -0.671. The zero-order valence-corrected chi connectivity index (χ0v) is 14.8. The number of nitrogens with zero attached hydrogens (tertiary/aromatic N) is 1. The molecule has 1 heterocycles. The molecule has 0 saturated carbocycles. The maximum Gasteiger partial charge on any atom is 0.152 e. The Morgan fingerprint density at radius 1 is 1.16 bits per heavy atom. The standard InChI is InChI=1S/C21H23NO3/c1-14-8-15(2)21(16(3)9-14)25-13-18(24)11-22-10-17(12-23)19-6-4-5-7-20(19)22/h4-10,12,18,24H,11,13H2,1-3H3/t18-/m1/s1. The molecule has 0 unspecified atom stereocenters. The van der Waals surface area contributed by atoms with Crippen molar-refractivity contribution in [1.29, 1.82) is 0 Å². The molecular weight excluding hydrogens is 314 g/mol. The summed E-state index contributed by atoms with van der Waals surface area (Å²) in [6.45, 7) is 6.65. The molecule has 4 heteroatoms. The van der Waals surface area contributed by atoms with Crippen molar-refractivity contribution in [2.45, 2.75) is 33.4 Å². The van der Waals surface area contributed by atoms with Crippen LogP contribution in [0.4, 0.5) is 0 Å². The van der Waals surface area contributed by atoms with Gasteiger partial charge in [-0.2, -0.15) is 0 Å². The van der Waals surface area contributed by atoms with E-state index in [2.05, 4.69) is 19.1 Å². The fourth-order valence-corrected chi connectivity index (χ4v) is 3.37. The van der Waals surface area contributed by atoms with Crippen molar-refractivity contribution >= 4 is 17.2 Å². The number of hydrogen-bond donors (Lipinski definition) is 1. The number of aliphatic hydroxyl groups excluding tert-OH is 1. The van der Waals surface area contributed by atoms with Crippen molar-refractivity contribution in [2.75, 3.05) is 6.61 Å². The molecule has 0 radical (unpaired) electrons. The van der Waals surface area contributed by atoms with Crippen LogP contribution in [0.15, 0.2) is 42.6 Å². The highest BCUT2D eigenvalue weighted by Gasteiger charge is 2.13. The van der Waals surface area contributed by atoms with Gasteiger partial charge in [-0.05, 0) is 38.0 Å². The maximum absolute atomic E-state index is 11.2. The normalized spacial score (nSPS) is 12.3. The molecule has 25 heavy (non-hydrogen) atoms. The first-order valence-corrected chi connectivity index (χ1v) is 8.41. The third-order valence-electron chi connectivity index (χ3n) is 4.38. The van der Waals surface area contributed by atoms with Crippen LogP contribution in [0.2, 0.25) is 0 Å². The van der Waals surface area contributed by atoms with Gasteiger partial charge in [-0.25, -0.2) is 0 Å². The van der Waals surface area contributed by atoms with Crippen molar-refractivity contribution in [2.24, 2.45) is 0 Å². The second-order valence-corrected chi connectivity index (χ2v) is 6.56. The number of aldehydes is 1. The van der Waals surface area contributed by atoms with E-state index in [1.54, 1.807) is 6.20 Å². The topological polar surface area (TPSA) is 51.5 Å². The first kappa shape index (κ1) is 17.2. The average Bonchev–Trinajstić information content (AvgIpc) is 2.92. The predicted molar refractivity (Wildman–Crippen MR) is 99.5 cm³/mol. The Hall–Kier alpha value is -2.59. The molecule has 0 fully saturated rings. The van der Waals surface area contributed by atoms with Gasteiger partial charge in [0.25, 0.3) is 0 Å². The van der Waals surface area contributed by atoms with Crippen LogP contribution in [0.5, 0.6) is 5.75 Å². The lowest BCUT2D eigenvalue weighted by Gasteiger charge is -2.17. The Balaban J connectivity index is 1.74. The molecule has 0 amide bonds. The first-order chi connectivity index (χ1) is 12.0. The number of hydrogen-bond acceptors (Lipinski definition) is 3. The highest BCUT2D eigenvalue weighted by atomic mass is 16.5. The molecule has 1 atom stereocenters. The largest absolute Gasteiger partial charge is 0.490 e. The summed E-state index contributed by atoms with van der Waals surface area (Å²) in [7, 11) is 0. The molecule has 1 N–H and O–H groups in total. The molecule has 4 nitrogen and oxygen atoms in total. The van der Waals surface area contributed by atoms with Crippen molar-refractivity contribution in [3.05, 3.63) is 64.8 Å². The zero-order valence-electron chi connectivity index (χ0n) is 14.8. The van der Waals surface area contributed by atoms with Gasteiger partial charge in [0.15, 0.2) is 6.29 Å². The fraction of sp³-hybridized carbons (Fsp3) is 0.286. The van der Waals surface area contributed by atoms with Gasteiger partial charge in [0, 0.05) is 22.7 Å². The van der Waals surface area contributed by atoms with Crippen LogP contribution in [0.1, 0.15) is 27.0 Å². The summed E-state index contributed by atoms with van der Waals surface area (Å²) >= 11 is 0. The number of para-hydroxylation sites is 1. The molecule has 2 aromatic carbocycles. The van der Waals surface area contributed by atoms with E-state index in [0.29, 0.717) is 12.1 Å². The SMILES string of the molecule is Cc1cc(C)c(OC[C@H](O)Cn2cc(C=O)c3ccccc32)c(C)c1. The summed E-state index contributed by atoms with van der Waals surface area (Å²) in [5, 5.41) is 11.3. The summed E-state index contributed by atoms with van der Waals surface area (Å²) in [5.41, 5.74) is 4.90. The van der Waals surface area contributed by atoms with Gasteiger partial charge >= 0.3 is 0 Å². The minimum Gasteiger partial charge on any atom is -0.490 e. The van der Waals surface area contributed by atoms with Gasteiger partial charge in [-0.1, -0.05) is 35.9 Å². The van der Waals surface area contributed by atoms with Gasteiger partial charge in [0.2, 0.25) is 0 Å². The minimum absolute atomic E-state index is 0.202. The molecule has 130 valence electrons. The third kappa shape index (κ3) is 3.59. The molecule has 0 bridgehead atoms. The number of aromatic nitrogens is 1. The second kappa shape index (κ2) is 7.11. The van der Waals surface area contributed by atoms with Gasteiger partial charge in [-0.15, -0.1) is 0 Å². The van der Waals surface area contributed by atoms with E-state index in [9.17, 15) is 9.90 Å². The molecule has 0 spiro atoms. The van der Waals surface area contributed by atoms with Crippen molar-refractivity contribution in [1.82, 2.24) is 4.57 Å². The lowest BCUT2D eigenvalue weighted by atomic mass is 10.1. The van der Waals surface area contributed by atoms with Crippen LogP contribution in [-0.4, -0.2) is 28.7 Å². The van der Waals surface area contributed by atoms with Gasteiger partial charge < -0.3 is 14.4 Å². The summed E-state index contributed by atoms with van der Waals surface area (Å²) in [6, 6.07) is 11.8. The molecular formula is C21H23NO3. The Bertz CT molecular complexity index is 888. The summed E-state index contributed by atoms with van der Waals surface area (Å²) in [5.74, 6) is 0.829. The number of carbonyl (C=O) groups excluding carboxylic acids is 1. The Kier molecular flexibility index (Phi) is 4.91. The number of rotatable bonds is 6. The van der Waals surface area contributed by atoms with E-state index in [0.717, 1.165) is 34.1 Å². The quantitative estimate of drug-likeness (QED) is 0.696. The number of fused-ring (bicyclic) bond motifs is 1. The van der Waals surface area contributed by atoms with Crippen LogP contribution in [0, 0.1) is 20.8 Å². The van der Waals surface area contributed by atoms with Crippen LogP contribution >= 0.6 is 0 Å². The molecule has 0 aliphatic rings.